The first kappa shape index (κ1) is 17.9. The second-order valence-corrected chi connectivity index (χ2v) is 8.01. The Kier molecular flexibility index (Phi) is 5.05. The van der Waals surface area contributed by atoms with Crippen LogP contribution in [0.3, 0.4) is 0 Å². The van der Waals surface area contributed by atoms with Gasteiger partial charge in [-0.05, 0) is 49.7 Å². The molecule has 7 heteroatoms. The maximum absolute atomic E-state index is 13.1. The fourth-order valence-corrected chi connectivity index (χ4v) is 4.55. The van der Waals surface area contributed by atoms with Crippen LogP contribution < -0.4 is 0 Å². The number of nitrogens with zero attached hydrogens (tertiary/aromatic N) is 4. The minimum atomic E-state index is -0.239. The molecule has 0 spiro atoms. The number of rotatable bonds is 5. The minimum absolute atomic E-state index is 0.239. The van der Waals surface area contributed by atoms with Gasteiger partial charge in [-0.3, -0.25) is 4.57 Å². The van der Waals surface area contributed by atoms with E-state index in [1.54, 1.807) is 41.6 Å². The molecule has 0 radical (unpaired) electrons. The van der Waals surface area contributed by atoms with Crippen molar-refractivity contribution in [3.8, 4) is 16.3 Å². The number of benzene rings is 2. The van der Waals surface area contributed by atoms with E-state index in [-0.39, 0.29) is 5.82 Å². The molecular formula is C20H17FN4S2. The number of hydrogen-bond donors (Lipinski definition) is 0. The first-order valence-corrected chi connectivity index (χ1v) is 10.3. The van der Waals surface area contributed by atoms with Crippen LogP contribution in [0.25, 0.3) is 16.3 Å². The molecule has 0 N–H and O–H groups in total. The van der Waals surface area contributed by atoms with Gasteiger partial charge in [0.2, 0.25) is 0 Å². The van der Waals surface area contributed by atoms with E-state index in [4.69, 9.17) is 0 Å². The van der Waals surface area contributed by atoms with Crippen molar-refractivity contribution in [2.24, 2.45) is 0 Å². The van der Waals surface area contributed by atoms with E-state index in [1.807, 2.05) is 9.95 Å². The van der Waals surface area contributed by atoms with Gasteiger partial charge in [0.1, 0.15) is 17.2 Å². The Morgan fingerprint density at radius 2 is 1.93 bits per heavy atom. The summed E-state index contributed by atoms with van der Waals surface area (Å²) in [5.74, 6) is 0.457. The number of hydrogen-bond acceptors (Lipinski definition) is 5. The largest absolute Gasteiger partial charge is 0.276 e. The van der Waals surface area contributed by atoms with Crippen molar-refractivity contribution >= 4 is 23.1 Å². The average Bonchev–Trinajstić information content (AvgIpc) is 3.30. The third-order valence-electron chi connectivity index (χ3n) is 4.12. The van der Waals surface area contributed by atoms with E-state index < -0.39 is 0 Å². The smallest absolute Gasteiger partial charge is 0.196 e. The van der Waals surface area contributed by atoms with Crippen molar-refractivity contribution in [1.82, 2.24) is 19.7 Å². The van der Waals surface area contributed by atoms with E-state index in [1.165, 1.54) is 23.3 Å². The maximum atomic E-state index is 13.1. The summed E-state index contributed by atoms with van der Waals surface area (Å²) < 4.78 is 15.1. The SMILES string of the molecule is Cc1ccc(-n2cnnc2SCc2csc(-c3ccc(F)cc3)n2)c(C)c1. The molecule has 0 saturated carbocycles. The molecule has 0 unspecified atom stereocenters. The lowest BCUT2D eigenvalue weighted by Crippen LogP contribution is -1.98. The lowest BCUT2D eigenvalue weighted by atomic mass is 10.1. The molecule has 4 nitrogen and oxygen atoms in total. The Morgan fingerprint density at radius 3 is 2.70 bits per heavy atom. The molecule has 0 amide bonds. The molecule has 27 heavy (non-hydrogen) atoms. The van der Waals surface area contributed by atoms with Crippen LogP contribution in [0.15, 0.2) is 59.3 Å². The monoisotopic (exact) mass is 396 g/mol. The normalized spacial score (nSPS) is 11.1. The fourth-order valence-electron chi connectivity index (χ4n) is 2.80. The van der Waals surface area contributed by atoms with Gasteiger partial charge in [-0.2, -0.15) is 0 Å². The lowest BCUT2D eigenvalue weighted by Gasteiger charge is -2.09. The van der Waals surface area contributed by atoms with Crippen molar-refractivity contribution in [2.75, 3.05) is 0 Å². The third-order valence-corrected chi connectivity index (χ3v) is 6.04. The van der Waals surface area contributed by atoms with E-state index in [0.29, 0.717) is 5.75 Å². The summed E-state index contributed by atoms with van der Waals surface area (Å²) in [5.41, 5.74) is 5.40. The quantitative estimate of drug-likeness (QED) is 0.421. The molecule has 4 rings (SSSR count). The van der Waals surface area contributed by atoms with Crippen molar-refractivity contribution in [1.29, 1.82) is 0 Å². The standard InChI is InChI=1S/C20H17FN4S2/c1-13-3-8-18(14(2)9-13)25-12-22-24-20(25)27-11-17-10-26-19(23-17)15-4-6-16(21)7-5-15/h3-10,12H,11H2,1-2H3. The van der Waals surface area contributed by atoms with Crippen LogP contribution in [0, 0.1) is 19.7 Å². The molecule has 0 bridgehead atoms. The summed E-state index contributed by atoms with van der Waals surface area (Å²) in [5, 5.41) is 12.1. The molecule has 0 atom stereocenters. The summed E-state index contributed by atoms with van der Waals surface area (Å²) in [7, 11) is 0. The topological polar surface area (TPSA) is 43.6 Å². The maximum Gasteiger partial charge on any atom is 0.196 e. The van der Waals surface area contributed by atoms with Gasteiger partial charge in [-0.15, -0.1) is 21.5 Å². The Morgan fingerprint density at radius 1 is 1.11 bits per heavy atom. The highest BCUT2D eigenvalue weighted by Crippen LogP contribution is 2.29. The van der Waals surface area contributed by atoms with Gasteiger partial charge in [0.15, 0.2) is 5.16 Å². The number of thioether (sulfide) groups is 1. The van der Waals surface area contributed by atoms with Crippen molar-refractivity contribution < 1.29 is 4.39 Å². The molecule has 136 valence electrons. The van der Waals surface area contributed by atoms with Crippen LogP contribution in [0.2, 0.25) is 0 Å². The third kappa shape index (κ3) is 3.94. The summed E-state index contributed by atoms with van der Waals surface area (Å²) in [4.78, 5) is 4.66. The number of aromatic nitrogens is 4. The first-order chi connectivity index (χ1) is 13.1. The molecule has 4 aromatic rings. The molecule has 2 aromatic heterocycles. The second kappa shape index (κ2) is 7.62. The predicted molar refractivity (Wildman–Crippen MR) is 108 cm³/mol. The van der Waals surface area contributed by atoms with Crippen LogP contribution >= 0.6 is 23.1 Å². The van der Waals surface area contributed by atoms with Gasteiger partial charge >= 0.3 is 0 Å². The van der Waals surface area contributed by atoms with Gasteiger partial charge in [-0.1, -0.05) is 29.5 Å². The van der Waals surface area contributed by atoms with Gasteiger partial charge in [-0.25, -0.2) is 9.37 Å². The number of halogens is 1. The molecule has 0 fully saturated rings. The zero-order valence-corrected chi connectivity index (χ0v) is 16.5. The fraction of sp³-hybridized carbons (Fsp3) is 0.150. The molecule has 0 aliphatic heterocycles. The number of thiazole rings is 1. The van der Waals surface area contributed by atoms with Crippen LogP contribution in [0.5, 0.6) is 0 Å². The van der Waals surface area contributed by atoms with Crippen LogP contribution in [0.1, 0.15) is 16.8 Å². The van der Waals surface area contributed by atoms with Crippen molar-refractivity contribution in [3.63, 3.8) is 0 Å². The Balaban J connectivity index is 1.50. The zero-order valence-electron chi connectivity index (χ0n) is 14.9. The Bertz CT molecular complexity index is 1070. The highest BCUT2D eigenvalue weighted by atomic mass is 32.2. The molecule has 0 aliphatic carbocycles. The van der Waals surface area contributed by atoms with Crippen molar-refractivity contribution in [2.45, 2.75) is 24.8 Å². The average molecular weight is 397 g/mol. The summed E-state index contributed by atoms with van der Waals surface area (Å²) >= 11 is 3.16. The molecular weight excluding hydrogens is 379 g/mol. The van der Waals surface area contributed by atoms with Gasteiger partial charge in [0.25, 0.3) is 0 Å². The van der Waals surface area contributed by atoms with Gasteiger partial charge in [0, 0.05) is 16.7 Å². The lowest BCUT2D eigenvalue weighted by molar-refractivity contribution is 0.628. The summed E-state index contributed by atoms with van der Waals surface area (Å²) in [6.45, 7) is 4.17. The predicted octanol–water partition coefficient (Wildman–Crippen LogP) is 5.44. The van der Waals surface area contributed by atoms with E-state index >= 15 is 0 Å². The van der Waals surface area contributed by atoms with E-state index in [0.717, 1.165) is 27.1 Å². The Labute approximate surface area is 165 Å². The van der Waals surface area contributed by atoms with E-state index in [2.05, 4.69) is 47.2 Å². The molecule has 2 heterocycles. The van der Waals surface area contributed by atoms with Crippen LogP contribution in [-0.4, -0.2) is 19.7 Å². The van der Waals surface area contributed by atoms with Crippen LogP contribution in [0.4, 0.5) is 4.39 Å². The van der Waals surface area contributed by atoms with Gasteiger partial charge in [0.05, 0.1) is 11.4 Å². The van der Waals surface area contributed by atoms with Gasteiger partial charge < -0.3 is 0 Å². The zero-order chi connectivity index (χ0) is 18.8. The Hall–Kier alpha value is -2.51. The highest BCUT2D eigenvalue weighted by Gasteiger charge is 2.11. The van der Waals surface area contributed by atoms with Crippen LogP contribution in [-0.2, 0) is 5.75 Å². The minimum Gasteiger partial charge on any atom is -0.276 e. The summed E-state index contributed by atoms with van der Waals surface area (Å²) in [6.07, 6.45) is 1.74. The summed E-state index contributed by atoms with van der Waals surface area (Å²) in [6, 6.07) is 12.7. The molecule has 2 aromatic carbocycles. The van der Waals surface area contributed by atoms with E-state index in [9.17, 15) is 4.39 Å². The molecule has 0 saturated heterocycles. The number of aryl methyl sites for hydroxylation is 2. The second-order valence-electron chi connectivity index (χ2n) is 6.21. The first-order valence-electron chi connectivity index (χ1n) is 8.41. The van der Waals surface area contributed by atoms with Crippen molar-refractivity contribution in [3.05, 3.63) is 76.8 Å². The highest BCUT2D eigenvalue weighted by molar-refractivity contribution is 7.98. The molecule has 0 aliphatic rings.